The van der Waals surface area contributed by atoms with Crippen LogP contribution in [0.1, 0.15) is 5.56 Å². The minimum atomic E-state index is -0.00616. The van der Waals surface area contributed by atoms with Crippen LogP contribution in [-0.4, -0.2) is 10.1 Å². The van der Waals surface area contributed by atoms with E-state index in [9.17, 15) is 0 Å². The van der Waals surface area contributed by atoms with Crippen LogP contribution in [0.3, 0.4) is 0 Å². The van der Waals surface area contributed by atoms with Gasteiger partial charge in [-0.05, 0) is 5.39 Å². The van der Waals surface area contributed by atoms with Crippen LogP contribution in [0, 0.1) is 0 Å². The van der Waals surface area contributed by atoms with Crippen molar-refractivity contribution in [2.45, 2.75) is 6.61 Å². The first-order valence-electron chi connectivity index (χ1n) is 4.06. The molecular formula is C10H10N2O. The molecule has 0 aliphatic rings. The topological polar surface area (TPSA) is 59.1 Å². The average molecular weight is 174 g/mol. The summed E-state index contributed by atoms with van der Waals surface area (Å²) in [6, 6.07) is 7.65. The van der Waals surface area contributed by atoms with Gasteiger partial charge in [0.1, 0.15) is 5.82 Å². The molecule has 0 unspecified atom stereocenters. The predicted molar refractivity (Wildman–Crippen MR) is 52.1 cm³/mol. The summed E-state index contributed by atoms with van der Waals surface area (Å²) >= 11 is 0. The van der Waals surface area contributed by atoms with E-state index >= 15 is 0 Å². The predicted octanol–water partition coefficient (Wildman–Crippen LogP) is 1.31. The third kappa shape index (κ3) is 1.23. The molecule has 1 aromatic heterocycles. The summed E-state index contributed by atoms with van der Waals surface area (Å²) in [7, 11) is 0. The zero-order valence-electron chi connectivity index (χ0n) is 7.07. The van der Waals surface area contributed by atoms with Gasteiger partial charge in [0.25, 0.3) is 0 Å². The first-order valence-corrected chi connectivity index (χ1v) is 4.06. The highest BCUT2D eigenvalue weighted by Gasteiger charge is 2.02. The van der Waals surface area contributed by atoms with E-state index in [0.717, 1.165) is 16.3 Å². The van der Waals surface area contributed by atoms with Crippen molar-refractivity contribution in [3.8, 4) is 0 Å². The zero-order chi connectivity index (χ0) is 9.26. The number of aromatic nitrogens is 1. The second-order valence-corrected chi connectivity index (χ2v) is 2.87. The SMILES string of the molecule is Nc1ncc(CO)c2ccccc12. The summed E-state index contributed by atoms with van der Waals surface area (Å²) in [5.74, 6) is 0.507. The van der Waals surface area contributed by atoms with Crippen molar-refractivity contribution in [2.24, 2.45) is 0 Å². The second kappa shape index (κ2) is 3.03. The van der Waals surface area contributed by atoms with E-state index < -0.39 is 0 Å². The van der Waals surface area contributed by atoms with Crippen molar-refractivity contribution in [3.05, 3.63) is 36.0 Å². The number of nitrogens with two attached hydrogens (primary N) is 1. The smallest absolute Gasteiger partial charge is 0.131 e. The Morgan fingerprint density at radius 1 is 1.23 bits per heavy atom. The fraction of sp³-hybridized carbons (Fsp3) is 0.100. The molecule has 1 aromatic carbocycles. The van der Waals surface area contributed by atoms with Crippen molar-refractivity contribution in [2.75, 3.05) is 5.73 Å². The quantitative estimate of drug-likeness (QED) is 0.685. The molecule has 0 aliphatic carbocycles. The lowest BCUT2D eigenvalue weighted by atomic mass is 10.1. The highest BCUT2D eigenvalue weighted by molar-refractivity contribution is 5.92. The summed E-state index contributed by atoms with van der Waals surface area (Å²) < 4.78 is 0. The van der Waals surface area contributed by atoms with Gasteiger partial charge in [-0.1, -0.05) is 24.3 Å². The number of aliphatic hydroxyl groups excluding tert-OH is 1. The van der Waals surface area contributed by atoms with Crippen LogP contribution in [0.5, 0.6) is 0 Å². The Morgan fingerprint density at radius 3 is 2.62 bits per heavy atom. The monoisotopic (exact) mass is 174 g/mol. The van der Waals surface area contributed by atoms with E-state index in [1.54, 1.807) is 6.20 Å². The third-order valence-corrected chi connectivity index (χ3v) is 2.08. The largest absolute Gasteiger partial charge is 0.392 e. The standard InChI is InChI=1S/C10H10N2O/c11-10-9-4-2-1-3-8(9)7(6-13)5-12-10/h1-5,13H,6H2,(H2,11,12). The number of rotatable bonds is 1. The molecule has 0 saturated heterocycles. The van der Waals surface area contributed by atoms with Gasteiger partial charge in [-0.25, -0.2) is 4.98 Å². The normalized spacial score (nSPS) is 10.5. The molecule has 0 radical (unpaired) electrons. The molecule has 66 valence electrons. The van der Waals surface area contributed by atoms with Crippen LogP contribution in [0.2, 0.25) is 0 Å². The van der Waals surface area contributed by atoms with Gasteiger partial charge in [0.15, 0.2) is 0 Å². The van der Waals surface area contributed by atoms with Crippen molar-refractivity contribution in [1.29, 1.82) is 0 Å². The van der Waals surface area contributed by atoms with Crippen molar-refractivity contribution >= 4 is 16.6 Å². The first kappa shape index (κ1) is 8.01. The number of aliphatic hydroxyl groups is 1. The number of benzene rings is 1. The van der Waals surface area contributed by atoms with E-state index in [2.05, 4.69) is 4.98 Å². The van der Waals surface area contributed by atoms with E-state index in [0.29, 0.717) is 5.82 Å². The van der Waals surface area contributed by atoms with Crippen molar-refractivity contribution in [1.82, 2.24) is 4.98 Å². The lowest BCUT2D eigenvalue weighted by molar-refractivity contribution is 0.283. The number of anilines is 1. The molecule has 0 fully saturated rings. The molecule has 2 aromatic rings. The van der Waals surface area contributed by atoms with Gasteiger partial charge >= 0.3 is 0 Å². The molecule has 13 heavy (non-hydrogen) atoms. The van der Waals surface area contributed by atoms with Crippen molar-refractivity contribution in [3.63, 3.8) is 0 Å². The van der Waals surface area contributed by atoms with Gasteiger partial charge < -0.3 is 10.8 Å². The molecule has 3 N–H and O–H groups in total. The Morgan fingerprint density at radius 2 is 1.92 bits per heavy atom. The Balaban J connectivity index is 2.84. The minimum Gasteiger partial charge on any atom is -0.392 e. The Bertz CT molecular complexity index is 440. The lowest BCUT2D eigenvalue weighted by Gasteiger charge is -2.04. The molecule has 3 heteroatoms. The summed E-state index contributed by atoms with van der Waals surface area (Å²) in [4.78, 5) is 4.00. The molecule has 0 amide bonds. The molecule has 0 atom stereocenters. The molecule has 1 heterocycles. The first-order chi connectivity index (χ1) is 6.33. The number of hydrogen-bond donors (Lipinski definition) is 2. The molecular weight excluding hydrogens is 164 g/mol. The maximum atomic E-state index is 9.05. The number of nitrogens with zero attached hydrogens (tertiary/aromatic N) is 1. The molecule has 0 aliphatic heterocycles. The van der Waals surface area contributed by atoms with Crippen LogP contribution in [0.25, 0.3) is 10.8 Å². The maximum Gasteiger partial charge on any atom is 0.131 e. The average Bonchev–Trinajstić information content (AvgIpc) is 2.19. The zero-order valence-corrected chi connectivity index (χ0v) is 7.07. The van der Waals surface area contributed by atoms with Gasteiger partial charge in [0.05, 0.1) is 6.61 Å². The molecule has 0 bridgehead atoms. The summed E-state index contributed by atoms with van der Waals surface area (Å²) in [6.07, 6.45) is 1.61. The Labute approximate surface area is 75.8 Å². The summed E-state index contributed by atoms with van der Waals surface area (Å²) in [5.41, 5.74) is 6.50. The van der Waals surface area contributed by atoms with Gasteiger partial charge in [0.2, 0.25) is 0 Å². The third-order valence-electron chi connectivity index (χ3n) is 2.08. The Hall–Kier alpha value is -1.61. The number of pyridine rings is 1. The maximum absolute atomic E-state index is 9.05. The van der Waals surface area contributed by atoms with Gasteiger partial charge in [0, 0.05) is 17.1 Å². The summed E-state index contributed by atoms with van der Waals surface area (Å²) in [5, 5.41) is 10.9. The van der Waals surface area contributed by atoms with Gasteiger partial charge in [-0.15, -0.1) is 0 Å². The lowest BCUT2D eigenvalue weighted by Crippen LogP contribution is -1.95. The van der Waals surface area contributed by atoms with E-state index in [1.807, 2.05) is 24.3 Å². The number of nitrogen functional groups attached to an aromatic ring is 1. The van der Waals surface area contributed by atoms with Crippen molar-refractivity contribution < 1.29 is 5.11 Å². The fourth-order valence-electron chi connectivity index (χ4n) is 1.40. The van der Waals surface area contributed by atoms with Crippen LogP contribution in [0.15, 0.2) is 30.5 Å². The second-order valence-electron chi connectivity index (χ2n) is 2.87. The van der Waals surface area contributed by atoms with Gasteiger partial charge in [-0.2, -0.15) is 0 Å². The highest BCUT2D eigenvalue weighted by atomic mass is 16.3. The molecule has 3 nitrogen and oxygen atoms in total. The minimum absolute atomic E-state index is 0.00616. The van der Waals surface area contributed by atoms with Gasteiger partial charge in [-0.3, -0.25) is 0 Å². The molecule has 0 spiro atoms. The summed E-state index contributed by atoms with van der Waals surface area (Å²) in [6.45, 7) is -0.00616. The van der Waals surface area contributed by atoms with E-state index in [1.165, 1.54) is 0 Å². The van der Waals surface area contributed by atoms with Crippen LogP contribution < -0.4 is 5.73 Å². The molecule has 0 saturated carbocycles. The Kier molecular flexibility index (Phi) is 1.87. The number of fused-ring (bicyclic) bond motifs is 1. The number of hydrogen-bond acceptors (Lipinski definition) is 3. The van der Waals surface area contributed by atoms with E-state index in [4.69, 9.17) is 10.8 Å². The molecule has 2 rings (SSSR count). The highest BCUT2D eigenvalue weighted by Crippen LogP contribution is 2.21. The van der Waals surface area contributed by atoms with Crippen LogP contribution >= 0.6 is 0 Å². The fourth-order valence-corrected chi connectivity index (χ4v) is 1.40. The van der Waals surface area contributed by atoms with Crippen LogP contribution in [0.4, 0.5) is 5.82 Å². The van der Waals surface area contributed by atoms with E-state index in [-0.39, 0.29) is 6.61 Å². The van der Waals surface area contributed by atoms with Crippen LogP contribution in [-0.2, 0) is 6.61 Å².